The molecular weight excluding hydrogens is 454 g/mol. The molecule has 0 N–H and O–H groups in total. The molecule has 1 aliphatic rings. The Bertz CT molecular complexity index is 1390. The molecule has 1 aliphatic carbocycles. The quantitative estimate of drug-likeness (QED) is 0.165. The molecule has 0 bridgehead atoms. The lowest BCUT2D eigenvalue weighted by atomic mass is 10.1. The van der Waals surface area contributed by atoms with E-state index in [1.54, 1.807) is 54.6 Å². The minimum Gasteiger partial charge on any atom is -0.493 e. The fourth-order valence-electron chi connectivity index (χ4n) is 3.45. The first-order valence-electron chi connectivity index (χ1n) is 10.1. The van der Waals surface area contributed by atoms with Gasteiger partial charge in [-0.25, -0.2) is 4.79 Å². The number of ether oxygens (including phenoxy) is 2. The third-order valence-electron chi connectivity index (χ3n) is 5.13. The van der Waals surface area contributed by atoms with Gasteiger partial charge in [0, 0.05) is 16.1 Å². The number of hydrogen-bond acceptors (Lipinski definition) is 6. The van der Waals surface area contributed by atoms with Gasteiger partial charge in [-0.1, -0.05) is 54.1 Å². The summed E-state index contributed by atoms with van der Waals surface area (Å²) in [7, 11) is 1.39. The fraction of sp³-hybridized carbons (Fsp3) is 0.0370. The first-order valence-corrected chi connectivity index (χ1v) is 10.5. The van der Waals surface area contributed by atoms with Crippen molar-refractivity contribution in [3.05, 3.63) is 105 Å². The lowest BCUT2D eigenvalue weighted by molar-refractivity contribution is -0.129. The van der Waals surface area contributed by atoms with E-state index in [1.807, 2.05) is 6.07 Å². The molecule has 7 heteroatoms. The molecule has 0 spiro atoms. The van der Waals surface area contributed by atoms with Gasteiger partial charge in [-0.2, -0.15) is 5.26 Å². The molecule has 0 amide bonds. The van der Waals surface area contributed by atoms with Gasteiger partial charge in [0.05, 0.1) is 12.7 Å². The van der Waals surface area contributed by atoms with E-state index in [0.29, 0.717) is 27.3 Å². The third kappa shape index (κ3) is 4.51. The molecule has 6 nitrogen and oxygen atoms in total. The van der Waals surface area contributed by atoms with Gasteiger partial charge in [-0.15, -0.1) is 0 Å². The number of hydrogen-bond donors (Lipinski definition) is 0. The normalized spacial score (nSPS) is 12.7. The zero-order valence-corrected chi connectivity index (χ0v) is 18.6. The zero-order valence-electron chi connectivity index (χ0n) is 17.9. The highest BCUT2D eigenvalue weighted by Crippen LogP contribution is 2.32. The molecule has 3 aromatic carbocycles. The SMILES string of the molecule is COc1cc(C=C2C(=O)c3ccccc3C2=O)ccc1OC(=O)/C(C#N)=C/c1ccc(Cl)cc1. The molecule has 0 unspecified atom stereocenters. The number of carbonyl (C=O) groups excluding carboxylic acids is 3. The molecule has 4 rings (SSSR count). The molecule has 0 fully saturated rings. The van der Waals surface area contributed by atoms with Crippen molar-refractivity contribution in [1.82, 2.24) is 0 Å². The van der Waals surface area contributed by atoms with E-state index in [2.05, 4.69) is 0 Å². The molecule has 0 aliphatic heterocycles. The van der Waals surface area contributed by atoms with Crippen molar-refractivity contribution < 1.29 is 23.9 Å². The van der Waals surface area contributed by atoms with Gasteiger partial charge in [-0.3, -0.25) is 9.59 Å². The average molecular weight is 470 g/mol. The van der Waals surface area contributed by atoms with Crippen LogP contribution in [0.25, 0.3) is 12.2 Å². The molecule has 0 radical (unpaired) electrons. The second kappa shape index (κ2) is 9.57. The molecular formula is C27H16ClNO5. The van der Waals surface area contributed by atoms with Crippen molar-refractivity contribution in [2.24, 2.45) is 0 Å². The van der Waals surface area contributed by atoms with Crippen LogP contribution in [0.2, 0.25) is 5.02 Å². The van der Waals surface area contributed by atoms with E-state index in [1.165, 1.54) is 31.4 Å². The summed E-state index contributed by atoms with van der Waals surface area (Å²) in [6.45, 7) is 0. The van der Waals surface area contributed by atoms with Gasteiger partial charge in [0.15, 0.2) is 23.1 Å². The van der Waals surface area contributed by atoms with E-state index in [0.717, 1.165) is 0 Å². The van der Waals surface area contributed by atoms with Crippen molar-refractivity contribution in [2.45, 2.75) is 0 Å². The summed E-state index contributed by atoms with van der Waals surface area (Å²) >= 11 is 5.86. The van der Waals surface area contributed by atoms with Crippen LogP contribution in [0.3, 0.4) is 0 Å². The molecule has 0 heterocycles. The Kier molecular flexibility index (Phi) is 6.39. The Morgan fingerprint density at radius 3 is 2.12 bits per heavy atom. The number of fused-ring (bicyclic) bond motifs is 1. The maximum Gasteiger partial charge on any atom is 0.354 e. The van der Waals surface area contributed by atoms with Gasteiger partial charge in [-0.05, 0) is 47.5 Å². The number of esters is 1. The van der Waals surface area contributed by atoms with Crippen LogP contribution in [0.5, 0.6) is 11.5 Å². The lowest BCUT2D eigenvalue weighted by Gasteiger charge is -2.10. The topological polar surface area (TPSA) is 93.5 Å². The molecule has 166 valence electrons. The largest absolute Gasteiger partial charge is 0.493 e. The zero-order chi connectivity index (χ0) is 24.2. The summed E-state index contributed by atoms with van der Waals surface area (Å²) in [5, 5.41) is 9.93. The predicted octanol–water partition coefficient (Wildman–Crippen LogP) is 5.32. The summed E-state index contributed by atoms with van der Waals surface area (Å²) < 4.78 is 10.7. The smallest absolute Gasteiger partial charge is 0.354 e. The van der Waals surface area contributed by atoms with Crippen molar-refractivity contribution >= 4 is 41.3 Å². The van der Waals surface area contributed by atoms with Crippen molar-refractivity contribution in [2.75, 3.05) is 7.11 Å². The summed E-state index contributed by atoms with van der Waals surface area (Å²) in [4.78, 5) is 37.8. The Balaban J connectivity index is 1.58. The van der Waals surface area contributed by atoms with Crippen molar-refractivity contribution in [1.29, 1.82) is 5.26 Å². The van der Waals surface area contributed by atoms with Gasteiger partial charge < -0.3 is 9.47 Å². The highest BCUT2D eigenvalue weighted by Gasteiger charge is 2.32. The van der Waals surface area contributed by atoms with E-state index < -0.39 is 5.97 Å². The van der Waals surface area contributed by atoms with E-state index in [-0.39, 0.29) is 34.2 Å². The predicted molar refractivity (Wildman–Crippen MR) is 127 cm³/mol. The first kappa shape index (κ1) is 22.7. The van der Waals surface area contributed by atoms with Gasteiger partial charge >= 0.3 is 5.97 Å². The number of Topliss-reactive ketones (excluding diaryl/α,β-unsaturated/α-hetero) is 2. The maximum absolute atomic E-state index is 12.6. The van der Waals surface area contributed by atoms with Gasteiger partial charge in [0.2, 0.25) is 0 Å². The monoisotopic (exact) mass is 469 g/mol. The minimum absolute atomic E-state index is 0.0469. The van der Waals surface area contributed by atoms with Crippen LogP contribution in [0.15, 0.2) is 77.9 Å². The number of methoxy groups -OCH3 is 1. The summed E-state index contributed by atoms with van der Waals surface area (Å²) in [5.41, 5.74) is 1.69. The Morgan fingerprint density at radius 2 is 1.53 bits per heavy atom. The molecule has 0 saturated heterocycles. The van der Waals surface area contributed by atoms with Gasteiger partial charge in [0.25, 0.3) is 0 Å². The number of ketones is 2. The van der Waals surface area contributed by atoms with Crippen LogP contribution in [0, 0.1) is 11.3 Å². The van der Waals surface area contributed by atoms with Crippen LogP contribution >= 0.6 is 11.6 Å². The number of carbonyl (C=O) groups is 3. The summed E-state index contributed by atoms with van der Waals surface area (Å²) in [6, 6.07) is 19.7. The number of rotatable bonds is 5. The van der Waals surface area contributed by atoms with Crippen LogP contribution in [-0.2, 0) is 4.79 Å². The summed E-state index contributed by atoms with van der Waals surface area (Å²) in [6.07, 6.45) is 2.86. The molecule has 0 aromatic heterocycles. The van der Waals surface area contributed by atoms with Crippen molar-refractivity contribution in [3.8, 4) is 17.6 Å². The van der Waals surface area contributed by atoms with E-state index in [9.17, 15) is 19.6 Å². The van der Waals surface area contributed by atoms with E-state index >= 15 is 0 Å². The number of allylic oxidation sites excluding steroid dienone is 1. The Hall–Kier alpha value is -4.47. The Labute approximate surface area is 200 Å². The molecule has 0 atom stereocenters. The number of halogens is 1. The lowest BCUT2D eigenvalue weighted by Crippen LogP contribution is -2.11. The molecule has 34 heavy (non-hydrogen) atoms. The Morgan fingerprint density at radius 1 is 0.912 bits per heavy atom. The van der Waals surface area contributed by atoms with Crippen LogP contribution < -0.4 is 9.47 Å². The summed E-state index contributed by atoms with van der Waals surface area (Å²) in [5.74, 6) is -1.28. The van der Waals surface area contributed by atoms with Crippen LogP contribution in [0.4, 0.5) is 0 Å². The number of nitrogens with zero attached hydrogens (tertiary/aromatic N) is 1. The second-order valence-corrected chi connectivity index (χ2v) is 7.72. The van der Waals surface area contributed by atoms with E-state index in [4.69, 9.17) is 21.1 Å². The average Bonchev–Trinajstić information content (AvgIpc) is 3.09. The van der Waals surface area contributed by atoms with Crippen LogP contribution in [0.1, 0.15) is 31.8 Å². The second-order valence-electron chi connectivity index (χ2n) is 7.28. The standard InChI is InChI=1S/C27H16ClNO5/c1-33-24-14-17(13-22-25(30)20-4-2-3-5-21(20)26(22)31)8-11-23(24)34-27(32)18(15-29)12-16-6-9-19(28)10-7-16/h2-14H,1H3/b18-12+. The van der Waals surface area contributed by atoms with Crippen molar-refractivity contribution in [3.63, 3.8) is 0 Å². The highest BCUT2D eigenvalue weighted by atomic mass is 35.5. The molecule has 0 saturated carbocycles. The van der Waals surface area contributed by atoms with Crippen LogP contribution in [-0.4, -0.2) is 24.6 Å². The number of benzene rings is 3. The molecule has 3 aromatic rings. The minimum atomic E-state index is -0.863. The third-order valence-corrected chi connectivity index (χ3v) is 5.38. The number of nitriles is 1. The van der Waals surface area contributed by atoms with Gasteiger partial charge in [0.1, 0.15) is 11.6 Å². The first-order chi connectivity index (χ1) is 16.4. The highest BCUT2D eigenvalue weighted by molar-refractivity contribution is 6.41. The maximum atomic E-state index is 12.6. The fourth-order valence-corrected chi connectivity index (χ4v) is 3.57.